The summed E-state index contributed by atoms with van der Waals surface area (Å²) in [4.78, 5) is 40.0. The zero-order valence-corrected chi connectivity index (χ0v) is 23.5. The van der Waals surface area contributed by atoms with Crippen LogP contribution in [-0.2, 0) is 32.2 Å². The molecule has 2 aromatic heterocycles. The van der Waals surface area contributed by atoms with Gasteiger partial charge in [-0.05, 0) is 62.9 Å². The second-order valence-electron chi connectivity index (χ2n) is 10.5. The van der Waals surface area contributed by atoms with Crippen LogP contribution in [0.1, 0.15) is 69.4 Å². The molecule has 4 heterocycles. The summed E-state index contributed by atoms with van der Waals surface area (Å²) in [6, 6.07) is 7.00. The van der Waals surface area contributed by atoms with Crippen molar-refractivity contribution in [2.24, 2.45) is 0 Å². The Bertz CT molecular complexity index is 1110. The molecule has 2 aliphatic rings. The minimum absolute atomic E-state index is 0.0950. The lowest BCUT2D eigenvalue weighted by Gasteiger charge is -2.31. The van der Waals surface area contributed by atoms with E-state index in [4.69, 9.17) is 25.2 Å². The van der Waals surface area contributed by atoms with Gasteiger partial charge in [0.1, 0.15) is 0 Å². The quantitative estimate of drug-likeness (QED) is 0.274. The fourth-order valence-corrected chi connectivity index (χ4v) is 5.34. The molecular formula is C28H41N5O8. The SMILES string of the molecule is CCN1CCCC1CN(Cc1cccnc1)Cc1ccnn1C1CCCCO1.O=C(O)CC(O)(CC(=O)O)C(=O)O. The first kappa shape index (κ1) is 32.1. The lowest BCUT2D eigenvalue weighted by molar-refractivity contribution is -0.170. The van der Waals surface area contributed by atoms with Gasteiger partial charge < -0.3 is 25.2 Å². The number of ether oxygens (including phenoxy) is 1. The highest BCUT2D eigenvalue weighted by Gasteiger charge is 2.40. The third-order valence-electron chi connectivity index (χ3n) is 7.35. The maximum atomic E-state index is 10.3. The molecule has 2 saturated heterocycles. The predicted molar refractivity (Wildman–Crippen MR) is 147 cm³/mol. The molecule has 0 aliphatic carbocycles. The number of likely N-dealkylation sites (tertiary alicyclic amines) is 1. The van der Waals surface area contributed by atoms with Gasteiger partial charge >= 0.3 is 17.9 Å². The normalized spacial score (nSPS) is 19.5. The van der Waals surface area contributed by atoms with Crippen LogP contribution in [0.4, 0.5) is 0 Å². The molecule has 2 aromatic rings. The predicted octanol–water partition coefficient (Wildman–Crippen LogP) is 2.22. The molecule has 0 bridgehead atoms. The minimum atomic E-state index is -2.74. The van der Waals surface area contributed by atoms with Crippen molar-refractivity contribution in [2.45, 2.75) is 82.8 Å². The first-order valence-corrected chi connectivity index (χ1v) is 14.0. The molecule has 2 atom stereocenters. The number of nitrogens with zero attached hydrogens (tertiary/aromatic N) is 5. The molecule has 0 saturated carbocycles. The Labute approximate surface area is 239 Å². The van der Waals surface area contributed by atoms with Crippen LogP contribution >= 0.6 is 0 Å². The van der Waals surface area contributed by atoms with Crippen molar-refractivity contribution in [3.63, 3.8) is 0 Å². The summed E-state index contributed by atoms with van der Waals surface area (Å²) in [7, 11) is 0. The van der Waals surface area contributed by atoms with Crippen molar-refractivity contribution < 1.29 is 39.5 Å². The van der Waals surface area contributed by atoms with Crippen LogP contribution in [0, 0.1) is 0 Å². The highest BCUT2D eigenvalue weighted by molar-refractivity contribution is 5.88. The summed E-state index contributed by atoms with van der Waals surface area (Å²) in [5.41, 5.74) is -0.224. The summed E-state index contributed by atoms with van der Waals surface area (Å²) in [6.45, 7) is 8.38. The molecule has 13 heteroatoms. The molecule has 4 N–H and O–H groups in total. The Kier molecular flexibility index (Phi) is 12.2. The molecule has 0 aromatic carbocycles. The molecule has 226 valence electrons. The van der Waals surface area contributed by atoms with Gasteiger partial charge in [-0.1, -0.05) is 13.0 Å². The van der Waals surface area contributed by atoms with Crippen molar-refractivity contribution >= 4 is 17.9 Å². The molecule has 0 amide bonds. The maximum absolute atomic E-state index is 10.3. The zero-order chi connectivity index (χ0) is 29.8. The van der Waals surface area contributed by atoms with Crippen LogP contribution in [0.3, 0.4) is 0 Å². The monoisotopic (exact) mass is 575 g/mol. The van der Waals surface area contributed by atoms with Gasteiger partial charge in [0.15, 0.2) is 11.8 Å². The summed E-state index contributed by atoms with van der Waals surface area (Å²) in [6.07, 6.45) is 9.61. The number of pyridine rings is 1. The van der Waals surface area contributed by atoms with Crippen LogP contribution in [0.25, 0.3) is 0 Å². The van der Waals surface area contributed by atoms with E-state index in [1.807, 2.05) is 24.7 Å². The van der Waals surface area contributed by atoms with Gasteiger partial charge in [-0.15, -0.1) is 0 Å². The summed E-state index contributed by atoms with van der Waals surface area (Å²) < 4.78 is 8.11. The largest absolute Gasteiger partial charge is 0.481 e. The average Bonchev–Trinajstić information content (AvgIpc) is 3.58. The first-order chi connectivity index (χ1) is 19.6. The summed E-state index contributed by atoms with van der Waals surface area (Å²) in [5, 5.41) is 38.4. The number of aliphatic carboxylic acids is 3. The van der Waals surface area contributed by atoms with E-state index in [0.29, 0.717) is 6.04 Å². The van der Waals surface area contributed by atoms with Crippen LogP contribution in [-0.4, -0.2) is 101 Å². The second-order valence-corrected chi connectivity index (χ2v) is 10.5. The Morgan fingerprint density at radius 3 is 2.39 bits per heavy atom. The zero-order valence-electron chi connectivity index (χ0n) is 23.5. The van der Waals surface area contributed by atoms with Gasteiger partial charge in [0.05, 0.1) is 18.5 Å². The third kappa shape index (κ3) is 9.88. The number of rotatable bonds is 13. The smallest absolute Gasteiger partial charge is 0.336 e. The van der Waals surface area contributed by atoms with Gasteiger partial charge in [-0.25, -0.2) is 9.48 Å². The number of aliphatic hydroxyl groups is 1. The van der Waals surface area contributed by atoms with E-state index in [2.05, 4.69) is 43.6 Å². The fraction of sp³-hybridized carbons (Fsp3) is 0.607. The Morgan fingerprint density at radius 2 is 1.80 bits per heavy atom. The maximum Gasteiger partial charge on any atom is 0.336 e. The van der Waals surface area contributed by atoms with Gasteiger partial charge in [0, 0.05) is 50.9 Å². The molecule has 2 unspecified atom stereocenters. The molecule has 0 radical (unpaired) electrons. The standard InChI is InChI=1S/C22H33N5O.C6H8O7/c1-2-26-13-6-8-20(26)17-25(16-19-7-5-11-23-15-19)18-21-10-12-24-27(21)22-9-3-4-14-28-22;7-3(8)1-6(13,5(11)12)2-4(9)10/h5,7,10-12,15,20,22H,2-4,6,8-9,13-14,16-18H2,1H3;13H,1-2H2,(H,7,8)(H,9,10)(H,11,12). The van der Waals surface area contributed by atoms with Gasteiger partial charge in [-0.2, -0.15) is 5.10 Å². The number of hydrogen-bond acceptors (Lipinski definition) is 9. The van der Waals surface area contributed by atoms with Crippen molar-refractivity contribution in [3.8, 4) is 0 Å². The van der Waals surface area contributed by atoms with Crippen molar-refractivity contribution in [3.05, 3.63) is 48.0 Å². The van der Waals surface area contributed by atoms with E-state index in [1.165, 1.54) is 37.1 Å². The van der Waals surface area contributed by atoms with Crippen LogP contribution in [0.15, 0.2) is 36.8 Å². The second kappa shape index (κ2) is 15.6. The molecule has 4 rings (SSSR count). The van der Waals surface area contributed by atoms with E-state index >= 15 is 0 Å². The minimum Gasteiger partial charge on any atom is -0.481 e. The Balaban J connectivity index is 0.000000302. The van der Waals surface area contributed by atoms with Crippen LogP contribution < -0.4 is 0 Å². The fourth-order valence-electron chi connectivity index (χ4n) is 5.34. The Hall–Kier alpha value is -3.39. The van der Waals surface area contributed by atoms with E-state index in [1.54, 1.807) is 0 Å². The highest BCUT2D eigenvalue weighted by atomic mass is 16.5. The molecule has 2 aliphatic heterocycles. The van der Waals surface area contributed by atoms with Crippen molar-refractivity contribution in [2.75, 3.05) is 26.2 Å². The van der Waals surface area contributed by atoms with Gasteiger partial charge in [-0.3, -0.25) is 24.4 Å². The summed E-state index contributed by atoms with van der Waals surface area (Å²) in [5.74, 6) is -5.02. The van der Waals surface area contributed by atoms with Crippen LogP contribution in [0.2, 0.25) is 0 Å². The highest BCUT2D eigenvalue weighted by Crippen LogP contribution is 2.25. The van der Waals surface area contributed by atoms with Crippen molar-refractivity contribution in [1.82, 2.24) is 24.6 Å². The molecule has 2 fully saturated rings. The van der Waals surface area contributed by atoms with E-state index < -0.39 is 36.4 Å². The average molecular weight is 576 g/mol. The number of carbonyl (C=O) groups is 3. The van der Waals surface area contributed by atoms with Crippen LogP contribution in [0.5, 0.6) is 0 Å². The van der Waals surface area contributed by atoms with E-state index in [9.17, 15) is 14.4 Å². The van der Waals surface area contributed by atoms with Gasteiger partial charge in [0.25, 0.3) is 0 Å². The number of carboxylic acids is 3. The first-order valence-electron chi connectivity index (χ1n) is 14.0. The Morgan fingerprint density at radius 1 is 1.05 bits per heavy atom. The van der Waals surface area contributed by atoms with Gasteiger partial charge in [0.2, 0.25) is 0 Å². The topological polar surface area (TPSA) is 179 Å². The lowest BCUT2D eigenvalue weighted by Crippen LogP contribution is -2.42. The molecule has 41 heavy (non-hydrogen) atoms. The number of hydrogen-bond donors (Lipinski definition) is 4. The summed E-state index contributed by atoms with van der Waals surface area (Å²) >= 11 is 0. The molecule has 13 nitrogen and oxygen atoms in total. The van der Waals surface area contributed by atoms with E-state index in [-0.39, 0.29) is 6.23 Å². The molecular weight excluding hydrogens is 534 g/mol. The number of likely N-dealkylation sites (N-methyl/N-ethyl adjacent to an activating group) is 1. The van der Waals surface area contributed by atoms with Crippen molar-refractivity contribution in [1.29, 1.82) is 0 Å². The third-order valence-corrected chi connectivity index (χ3v) is 7.35. The number of carboxylic acid groups (broad SMARTS) is 3. The molecule has 0 spiro atoms. The van der Waals surface area contributed by atoms with E-state index in [0.717, 1.165) is 45.6 Å². The number of aromatic nitrogens is 3. The lowest BCUT2D eigenvalue weighted by atomic mass is 9.96.